The molecule has 88 valence electrons. The molecule has 1 saturated heterocycles. The van der Waals surface area contributed by atoms with Crippen LogP contribution < -0.4 is 11.1 Å². The maximum absolute atomic E-state index is 11.7. The largest absolute Gasteiger partial charge is 0.354 e. The average molecular weight is 230 g/mol. The Bertz CT molecular complexity index is 205. The summed E-state index contributed by atoms with van der Waals surface area (Å²) in [5.41, 5.74) is 5.84. The number of amides is 1. The van der Waals surface area contributed by atoms with E-state index >= 15 is 0 Å². The zero-order valence-corrected chi connectivity index (χ0v) is 10.5. The number of nitrogens with two attached hydrogens (primary N) is 1. The number of nitrogens with one attached hydrogen (secondary N) is 1. The molecule has 1 fully saturated rings. The fourth-order valence-corrected chi connectivity index (χ4v) is 2.90. The summed E-state index contributed by atoms with van der Waals surface area (Å²) in [6, 6.07) is -0.343. The van der Waals surface area contributed by atoms with Crippen LogP contribution in [-0.2, 0) is 4.79 Å². The number of thioether (sulfide) groups is 1. The minimum atomic E-state index is -0.343. The van der Waals surface area contributed by atoms with Crippen molar-refractivity contribution in [3.05, 3.63) is 0 Å². The Morgan fingerprint density at radius 1 is 1.67 bits per heavy atom. The van der Waals surface area contributed by atoms with Gasteiger partial charge in [0.15, 0.2) is 0 Å². The highest BCUT2D eigenvalue weighted by molar-refractivity contribution is 7.99. The van der Waals surface area contributed by atoms with E-state index in [1.807, 2.05) is 18.7 Å². The molecule has 0 aromatic heterocycles. The fraction of sp³-hybridized carbons (Fsp3) is 0.909. The first-order valence-corrected chi connectivity index (χ1v) is 6.91. The summed E-state index contributed by atoms with van der Waals surface area (Å²) >= 11 is 1.97. The second kappa shape index (κ2) is 6.38. The van der Waals surface area contributed by atoms with Crippen molar-refractivity contribution in [1.29, 1.82) is 0 Å². The van der Waals surface area contributed by atoms with Gasteiger partial charge in [-0.3, -0.25) is 4.79 Å². The van der Waals surface area contributed by atoms with Gasteiger partial charge >= 0.3 is 0 Å². The van der Waals surface area contributed by atoms with Crippen molar-refractivity contribution < 1.29 is 4.79 Å². The first kappa shape index (κ1) is 12.8. The Kier molecular flexibility index (Phi) is 5.47. The summed E-state index contributed by atoms with van der Waals surface area (Å²) in [6.45, 7) is 4.89. The van der Waals surface area contributed by atoms with E-state index in [1.165, 1.54) is 17.9 Å². The molecule has 0 radical (unpaired) electrons. The predicted molar refractivity (Wildman–Crippen MR) is 65.9 cm³/mol. The summed E-state index contributed by atoms with van der Waals surface area (Å²) in [5, 5.41) is 2.96. The van der Waals surface area contributed by atoms with Crippen LogP contribution in [0.1, 0.15) is 26.7 Å². The highest BCUT2D eigenvalue weighted by Gasteiger charge is 2.21. The van der Waals surface area contributed by atoms with Gasteiger partial charge in [-0.05, 0) is 29.8 Å². The van der Waals surface area contributed by atoms with Crippen LogP contribution in [0.2, 0.25) is 0 Å². The highest BCUT2D eigenvalue weighted by atomic mass is 32.2. The van der Waals surface area contributed by atoms with Gasteiger partial charge in [0.25, 0.3) is 0 Å². The van der Waals surface area contributed by atoms with E-state index in [0.717, 1.165) is 13.0 Å². The van der Waals surface area contributed by atoms with Crippen molar-refractivity contribution >= 4 is 17.7 Å². The van der Waals surface area contributed by atoms with Crippen LogP contribution in [0.5, 0.6) is 0 Å². The SMILES string of the molecule is CC[C@H](C)[C@H](N)C(=O)NCC1CCSC1. The van der Waals surface area contributed by atoms with Crippen molar-refractivity contribution in [3.8, 4) is 0 Å². The summed E-state index contributed by atoms with van der Waals surface area (Å²) in [6.07, 6.45) is 2.18. The lowest BCUT2D eigenvalue weighted by Crippen LogP contribution is -2.45. The van der Waals surface area contributed by atoms with Gasteiger partial charge in [0.2, 0.25) is 5.91 Å². The Hall–Kier alpha value is -0.220. The van der Waals surface area contributed by atoms with Gasteiger partial charge in [0.05, 0.1) is 6.04 Å². The van der Waals surface area contributed by atoms with Crippen molar-refractivity contribution in [1.82, 2.24) is 5.32 Å². The molecule has 3 atom stereocenters. The van der Waals surface area contributed by atoms with Gasteiger partial charge in [-0.25, -0.2) is 0 Å². The summed E-state index contributed by atoms with van der Waals surface area (Å²) in [7, 11) is 0. The first-order chi connectivity index (χ1) is 7.15. The van der Waals surface area contributed by atoms with Gasteiger partial charge in [0, 0.05) is 6.54 Å². The Labute approximate surface area is 96.6 Å². The molecule has 3 N–H and O–H groups in total. The second-order valence-corrected chi connectivity index (χ2v) is 5.54. The molecule has 15 heavy (non-hydrogen) atoms. The van der Waals surface area contributed by atoms with Gasteiger partial charge in [0.1, 0.15) is 0 Å². The number of hydrogen-bond acceptors (Lipinski definition) is 3. The monoisotopic (exact) mass is 230 g/mol. The third-order valence-electron chi connectivity index (χ3n) is 3.15. The molecule has 3 nitrogen and oxygen atoms in total. The Morgan fingerprint density at radius 3 is 2.93 bits per heavy atom. The van der Waals surface area contributed by atoms with Gasteiger partial charge < -0.3 is 11.1 Å². The lowest BCUT2D eigenvalue weighted by molar-refractivity contribution is -0.123. The maximum atomic E-state index is 11.7. The van der Waals surface area contributed by atoms with Crippen LogP contribution in [0.3, 0.4) is 0 Å². The van der Waals surface area contributed by atoms with Crippen LogP contribution in [0, 0.1) is 11.8 Å². The second-order valence-electron chi connectivity index (χ2n) is 4.39. The molecule has 1 unspecified atom stereocenters. The average Bonchev–Trinajstić information content (AvgIpc) is 2.76. The van der Waals surface area contributed by atoms with Crippen LogP contribution >= 0.6 is 11.8 Å². The lowest BCUT2D eigenvalue weighted by atomic mass is 9.99. The van der Waals surface area contributed by atoms with E-state index < -0.39 is 0 Å². The molecule has 0 aromatic rings. The minimum Gasteiger partial charge on any atom is -0.354 e. The number of carbonyl (C=O) groups excluding carboxylic acids is 1. The number of hydrogen-bond donors (Lipinski definition) is 2. The van der Waals surface area contributed by atoms with Gasteiger partial charge in [-0.15, -0.1) is 0 Å². The zero-order valence-electron chi connectivity index (χ0n) is 9.66. The maximum Gasteiger partial charge on any atom is 0.237 e. The first-order valence-electron chi connectivity index (χ1n) is 5.76. The fourth-order valence-electron chi connectivity index (χ4n) is 1.62. The number of rotatable bonds is 5. The molecule has 0 spiro atoms. The van der Waals surface area contributed by atoms with E-state index in [0.29, 0.717) is 5.92 Å². The van der Waals surface area contributed by atoms with Gasteiger partial charge in [-0.2, -0.15) is 11.8 Å². The van der Waals surface area contributed by atoms with Crippen LogP contribution in [0.4, 0.5) is 0 Å². The summed E-state index contributed by atoms with van der Waals surface area (Å²) < 4.78 is 0. The molecule has 1 amide bonds. The van der Waals surface area contributed by atoms with E-state index in [9.17, 15) is 4.79 Å². The molecular formula is C11H22N2OS. The van der Waals surface area contributed by atoms with Crippen molar-refractivity contribution in [2.45, 2.75) is 32.7 Å². The van der Waals surface area contributed by atoms with E-state index in [1.54, 1.807) is 0 Å². The Morgan fingerprint density at radius 2 is 2.40 bits per heavy atom. The molecule has 0 aromatic carbocycles. The third kappa shape index (κ3) is 4.03. The van der Waals surface area contributed by atoms with Gasteiger partial charge in [-0.1, -0.05) is 20.3 Å². The zero-order chi connectivity index (χ0) is 11.3. The molecule has 0 aliphatic carbocycles. The van der Waals surface area contributed by atoms with Crippen molar-refractivity contribution in [3.63, 3.8) is 0 Å². The van der Waals surface area contributed by atoms with E-state index in [4.69, 9.17) is 5.73 Å². The topological polar surface area (TPSA) is 55.1 Å². The molecule has 0 saturated carbocycles. The normalized spacial score (nSPS) is 24.9. The molecule has 0 bridgehead atoms. The molecule has 4 heteroatoms. The molecule has 1 aliphatic rings. The third-order valence-corrected chi connectivity index (χ3v) is 4.38. The van der Waals surface area contributed by atoms with Crippen LogP contribution in [0.15, 0.2) is 0 Å². The standard InChI is InChI=1S/C11H22N2OS/c1-3-8(2)10(12)11(14)13-6-9-4-5-15-7-9/h8-10H,3-7,12H2,1-2H3,(H,13,14)/t8-,9?,10-/m0/s1. The molecule has 1 aliphatic heterocycles. The summed E-state index contributed by atoms with van der Waals surface area (Å²) in [5.74, 6) is 3.35. The smallest absolute Gasteiger partial charge is 0.237 e. The molecule has 1 heterocycles. The molecule has 1 rings (SSSR count). The minimum absolute atomic E-state index is 0.0150. The van der Waals surface area contributed by atoms with E-state index in [-0.39, 0.29) is 17.9 Å². The Balaban J connectivity index is 2.22. The van der Waals surface area contributed by atoms with E-state index in [2.05, 4.69) is 12.2 Å². The number of carbonyl (C=O) groups is 1. The predicted octanol–water partition coefficient (Wildman–Crippen LogP) is 1.23. The van der Waals surface area contributed by atoms with Crippen LogP contribution in [0.25, 0.3) is 0 Å². The van der Waals surface area contributed by atoms with Crippen LogP contribution in [-0.4, -0.2) is 30.0 Å². The van der Waals surface area contributed by atoms with Crippen molar-refractivity contribution in [2.24, 2.45) is 17.6 Å². The lowest BCUT2D eigenvalue weighted by Gasteiger charge is -2.19. The molecular weight excluding hydrogens is 208 g/mol. The summed E-state index contributed by atoms with van der Waals surface area (Å²) in [4.78, 5) is 11.7. The van der Waals surface area contributed by atoms with Crippen molar-refractivity contribution in [2.75, 3.05) is 18.1 Å². The quantitative estimate of drug-likeness (QED) is 0.747. The highest BCUT2D eigenvalue weighted by Crippen LogP contribution is 2.22.